The first-order valence-electron chi connectivity index (χ1n) is 9.35. The molecule has 0 heterocycles. The number of carbonyl (C=O) groups excluding carboxylic acids is 1. The van der Waals surface area contributed by atoms with Crippen molar-refractivity contribution in [2.24, 2.45) is 0 Å². The van der Waals surface area contributed by atoms with Crippen molar-refractivity contribution in [3.05, 3.63) is 63.7 Å². The average molecular weight is 354 g/mol. The Hall–Kier alpha value is -2.29. The van der Waals surface area contributed by atoms with Gasteiger partial charge in [-0.25, -0.2) is 0 Å². The fourth-order valence-electron chi connectivity index (χ4n) is 3.16. The zero-order chi connectivity index (χ0) is 19.4. The minimum atomic E-state index is -0.496. The van der Waals surface area contributed by atoms with E-state index in [0.29, 0.717) is 6.42 Å². The van der Waals surface area contributed by atoms with E-state index in [1.807, 2.05) is 45.9 Å². The van der Waals surface area contributed by atoms with Gasteiger partial charge in [-0.2, -0.15) is 0 Å². The normalized spacial score (nSPS) is 13.2. The largest absolute Gasteiger partial charge is 0.480 e. The Bertz CT molecular complexity index is 795. The number of carbonyl (C=O) groups is 1. The van der Waals surface area contributed by atoms with Gasteiger partial charge in [-0.1, -0.05) is 31.2 Å². The van der Waals surface area contributed by atoms with Crippen LogP contribution in [0.4, 0.5) is 0 Å². The summed E-state index contributed by atoms with van der Waals surface area (Å²) in [6.07, 6.45) is 0.127. The molecule has 0 radical (unpaired) electrons. The number of hydrogen-bond acceptors (Lipinski definition) is 2. The van der Waals surface area contributed by atoms with Crippen LogP contribution in [0.3, 0.4) is 0 Å². The Morgan fingerprint density at radius 2 is 1.65 bits per heavy atom. The lowest BCUT2D eigenvalue weighted by molar-refractivity contribution is -0.128. The second kappa shape index (κ2) is 8.39. The molecule has 0 aromatic heterocycles. The molecule has 3 nitrogen and oxygen atoms in total. The number of nitrogens with one attached hydrogen (secondary N) is 1. The Morgan fingerprint density at radius 3 is 2.31 bits per heavy atom. The van der Waals surface area contributed by atoms with E-state index in [9.17, 15) is 4.79 Å². The number of hydrogen-bond donors (Lipinski definition) is 1. The van der Waals surface area contributed by atoms with Crippen LogP contribution < -0.4 is 10.1 Å². The Kier molecular flexibility index (Phi) is 6.47. The van der Waals surface area contributed by atoms with Gasteiger partial charge in [-0.15, -0.1) is 0 Å². The second-order valence-electron chi connectivity index (χ2n) is 7.24. The highest BCUT2D eigenvalue weighted by atomic mass is 16.5. The lowest BCUT2D eigenvalue weighted by Gasteiger charge is -2.23. The van der Waals surface area contributed by atoms with Gasteiger partial charge in [0.05, 0.1) is 6.04 Å². The number of aryl methyl sites for hydroxylation is 4. The fourth-order valence-corrected chi connectivity index (χ4v) is 3.16. The Labute approximate surface area is 157 Å². The van der Waals surface area contributed by atoms with Crippen molar-refractivity contribution in [1.29, 1.82) is 0 Å². The summed E-state index contributed by atoms with van der Waals surface area (Å²) < 4.78 is 6.03. The van der Waals surface area contributed by atoms with Crippen LogP contribution in [-0.2, 0) is 4.79 Å². The summed E-state index contributed by atoms with van der Waals surface area (Å²) in [6, 6.07) is 10.2. The quantitative estimate of drug-likeness (QED) is 0.769. The molecule has 2 unspecified atom stereocenters. The predicted molar refractivity (Wildman–Crippen MR) is 108 cm³/mol. The van der Waals surface area contributed by atoms with Crippen LogP contribution in [0.1, 0.15) is 59.7 Å². The molecule has 0 aliphatic rings. The van der Waals surface area contributed by atoms with Crippen molar-refractivity contribution in [2.45, 2.75) is 67.0 Å². The summed E-state index contributed by atoms with van der Waals surface area (Å²) in [5, 5.41) is 3.13. The summed E-state index contributed by atoms with van der Waals surface area (Å²) in [7, 11) is 0. The summed E-state index contributed by atoms with van der Waals surface area (Å²) >= 11 is 0. The van der Waals surface area contributed by atoms with Crippen LogP contribution in [0.2, 0.25) is 0 Å². The molecule has 2 atom stereocenters. The number of rotatable bonds is 6. The minimum absolute atomic E-state index is 0.0574. The van der Waals surface area contributed by atoms with Crippen LogP contribution in [0.15, 0.2) is 30.3 Å². The van der Waals surface area contributed by atoms with Gasteiger partial charge in [-0.3, -0.25) is 4.79 Å². The SMILES string of the molecule is CCC(Oc1cccc(C)c1C)C(=O)NC(C)c1cc(C)c(C)cc1C. The van der Waals surface area contributed by atoms with E-state index in [0.717, 1.165) is 22.4 Å². The summed E-state index contributed by atoms with van der Waals surface area (Å²) in [5.41, 5.74) is 7.11. The number of ether oxygens (including phenoxy) is 1. The monoisotopic (exact) mass is 353 g/mol. The van der Waals surface area contributed by atoms with Gasteiger partial charge in [0.25, 0.3) is 5.91 Å². The molecular weight excluding hydrogens is 322 g/mol. The lowest BCUT2D eigenvalue weighted by atomic mass is 9.96. The molecule has 0 saturated heterocycles. The molecule has 0 saturated carbocycles. The van der Waals surface area contributed by atoms with Gasteiger partial charge in [0.15, 0.2) is 6.10 Å². The fraction of sp³-hybridized carbons (Fsp3) is 0.435. The number of amides is 1. The van der Waals surface area contributed by atoms with Crippen molar-refractivity contribution >= 4 is 5.91 Å². The highest BCUT2D eigenvalue weighted by Gasteiger charge is 2.22. The first-order valence-corrected chi connectivity index (χ1v) is 9.35. The molecule has 0 bridgehead atoms. The van der Waals surface area contributed by atoms with Crippen molar-refractivity contribution in [1.82, 2.24) is 5.32 Å². The first kappa shape index (κ1) is 20.0. The summed E-state index contributed by atoms with van der Waals surface area (Å²) in [5.74, 6) is 0.709. The molecule has 3 heteroatoms. The van der Waals surface area contributed by atoms with Crippen LogP contribution in [0.5, 0.6) is 5.75 Å². The third-order valence-corrected chi connectivity index (χ3v) is 5.20. The average Bonchev–Trinajstić information content (AvgIpc) is 2.59. The molecule has 140 valence electrons. The molecule has 26 heavy (non-hydrogen) atoms. The van der Waals surface area contributed by atoms with Gasteiger partial charge in [0, 0.05) is 0 Å². The van der Waals surface area contributed by atoms with E-state index in [4.69, 9.17) is 4.74 Å². The van der Waals surface area contributed by atoms with E-state index in [2.05, 4.69) is 38.2 Å². The van der Waals surface area contributed by atoms with E-state index in [1.54, 1.807) is 0 Å². The zero-order valence-electron chi connectivity index (χ0n) is 17.1. The van der Waals surface area contributed by atoms with Crippen LogP contribution in [0, 0.1) is 34.6 Å². The molecule has 0 aliphatic carbocycles. The Morgan fingerprint density at radius 1 is 1.00 bits per heavy atom. The lowest BCUT2D eigenvalue weighted by Crippen LogP contribution is -2.39. The molecule has 2 aromatic rings. The predicted octanol–water partition coefficient (Wildman–Crippen LogP) is 5.26. The standard InChI is InChI=1S/C23H31NO2/c1-8-21(26-22-11-9-10-14(2)18(22)6)23(25)24-19(7)20-13-16(4)15(3)12-17(20)5/h9-13,19,21H,8H2,1-7H3,(H,24,25). The van der Waals surface area contributed by atoms with E-state index in [1.165, 1.54) is 16.7 Å². The molecule has 2 aromatic carbocycles. The maximum Gasteiger partial charge on any atom is 0.261 e. The molecule has 0 aliphatic heterocycles. The third kappa shape index (κ3) is 4.46. The smallest absolute Gasteiger partial charge is 0.261 e. The minimum Gasteiger partial charge on any atom is -0.480 e. The molecule has 0 spiro atoms. The topological polar surface area (TPSA) is 38.3 Å². The maximum atomic E-state index is 12.8. The van der Waals surface area contributed by atoms with Crippen LogP contribution >= 0.6 is 0 Å². The zero-order valence-corrected chi connectivity index (χ0v) is 17.1. The van der Waals surface area contributed by atoms with E-state index < -0.39 is 6.10 Å². The number of benzene rings is 2. The molecule has 1 amide bonds. The van der Waals surface area contributed by atoms with Gasteiger partial charge >= 0.3 is 0 Å². The molecule has 1 N–H and O–H groups in total. The Balaban J connectivity index is 2.14. The second-order valence-corrected chi connectivity index (χ2v) is 7.24. The van der Waals surface area contributed by atoms with E-state index in [-0.39, 0.29) is 11.9 Å². The van der Waals surface area contributed by atoms with Crippen molar-refractivity contribution < 1.29 is 9.53 Å². The molecule has 0 fully saturated rings. The van der Waals surface area contributed by atoms with Gasteiger partial charge in [0.2, 0.25) is 0 Å². The summed E-state index contributed by atoms with van der Waals surface area (Å²) in [6.45, 7) is 14.4. The highest BCUT2D eigenvalue weighted by molar-refractivity contribution is 5.81. The first-order chi connectivity index (χ1) is 12.2. The van der Waals surface area contributed by atoms with Crippen molar-refractivity contribution in [3.63, 3.8) is 0 Å². The summed E-state index contributed by atoms with van der Waals surface area (Å²) in [4.78, 5) is 12.8. The van der Waals surface area contributed by atoms with Crippen molar-refractivity contribution in [3.8, 4) is 5.75 Å². The molecular formula is C23H31NO2. The van der Waals surface area contributed by atoms with Crippen LogP contribution in [-0.4, -0.2) is 12.0 Å². The van der Waals surface area contributed by atoms with Crippen molar-refractivity contribution in [2.75, 3.05) is 0 Å². The van der Waals surface area contributed by atoms with Gasteiger partial charge in [-0.05, 0) is 87.4 Å². The van der Waals surface area contributed by atoms with Gasteiger partial charge in [0.1, 0.15) is 5.75 Å². The highest BCUT2D eigenvalue weighted by Crippen LogP contribution is 2.24. The van der Waals surface area contributed by atoms with Gasteiger partial charge < -0.3 is 10.1 Å². The molecule has 2 rings (SSSR count). The third-order valence-electron chi connectivity index (χ3n) is 5.20. The maximum absolute atomic E-state index is 12.8. The van der Waals surface area contributed by atoms with E-state index >= 15 is 0 Å². The van der Waals surface area contributed by atoms with Crippen LogP contribution in [0.25, 0.3) is 0 Å².